The van der Waals surface area contributed by atoms with Crippen LogP contribution in [-0.2, 0) is 14.3 Å². The van der Waals surface area contributed by atoms with E-state index in [-0.39, 0.29) is 19.1 Å². The van der Waals surface area contributed by atoms with Crippen LogP contribution >= 0.6 is 0 Å². The van der Waals surface area contributed by atoms with Crippen molar-refractivity contribution in [3.8, 4) is 0 Å². The molecule has 1 fully saturated rings. The summed E-state index contributed by atoms with van der Waals surface area (Å²) in [5, 5.41) is 25.2. The summed E-state index contributed by atoms with van der Waals surface area (Å²) >= 11 is 0. The summed E-state index contributed by atoms with van der Waals surface area (Å²) in [4.78, 5) is 10.5. The molecular weight excluding hydrogens is 384 g/mol. The molecule has 2 aliphatic rings. The van der Waals surface area contributed by atoms with Crippen LogP contribution in [0.4, 0.5) is 0 Å². The largest absolute Gasteiger partial charge is 0.494 e. The fourth-order valence-electron chi connectivity index (χ4n) is 4.22. The van der Waals surface area contributed by atoms with Crippen molar-refractivity contribution in [2.24, 2.45) is 23.7 Å². The number of rotatable bonds is 13. The second-order valence-corrected chi connectivity index (χ2v) is 8.07. The number of aliphatic hydroxyl groups excluding tert-OH is 2. The van der Waals surface area contributed by atoms with Gasteiger partial charge < -0.3 is 24.8 Å². The highest BCUT2D eigenvalue weighted by molar-refractivity contribution is 5.67. The van der Waals surface area contributed by atoms with Crippen LogP contribution in [0, 0.1) is 23.7 Å². The van der Waals surface area contributed by atoms with Gasteiger partial charge in [-0.1, -0.05) is 25.2 Å². The molecule has 6 nitrogen and oxygen atoms in total. The SMILES string of the molecule is CC1CC[C@H](/C=C/CCOC2=CCCC=C2)[C@H]1CC[C@@H](CO)COCC(=O)O.CO. The molecule has 2 aliphatic carbocycles. The van der Waals surface area contributed by atoms with Crippen LogP contribution in [-0.4, -0.2) is 54.8 Å². The molecule has 0 aromatic heterocycles. The summed E-state index contributed by atoms with van der Waals surface area (Å²) in [6.07, 6.45) is 18.5. The maximum absolute atomic E-state index is 10.5. The van der Waals surface area contributed by atoms with Crippen LogP contribution in [0.2, 0.25) is 0 Å². The number of allylic oxidation sites excluding steroid dienone is 4. The third kappa shape index (κ3) is 10.4. The van der Waals surface area contributed by atoms with Gasteiger partial charge in [0.05, 0.1) is 13.2 Å². The predicted molar refractivity (Wildman–Crippen MR) is 118 cm³/mol. The van der Waals surface area contributed by atoms with E-state index in [0.29, 0.717) is 31.0 Å². The number of hydrogen-bond donors (Lipinski definition) is 3. The zero-order valence-electron chi connectivity index (χ0n) is 18.5. The van der Waals surface area contributed by atoms with Gasteiger partial charge in [-0.15, -0.1) is 0 Å². The van der Waals surface area contributed by atoms with E-state index in [2.05, 4.69) is 37.3 Å². The Morgan fingerprint density at radius 1 is 1.30 bits per heavy atom. The van der Waals surface area contributed by atoms with Gasteiger partial charge in [-0.05, 0) is 74.9 Å². The molecule has 1 unspecified atom stereocenters. The Balaban J connectivity index is 0.00000218. The Morgan fingerprint density at radius 2 is 2.10 bits per heavy atom. The van der Waals surface area contributed by atoms with Crippen molar-refractivity contribution < 1.29 is 29.6 Å². The molecule has 0 spiro atoms. The van der Waals surface area contributed by atoms with Crippen molar-refractivity contribution in [1.82, 2.24) is 0 Å². The quantitative estimate of drug-likeness (QED) is 0.306. The normalized spacial score (nSPS) is 24.3. The number of carboxylic acid groups (broad SMARTS) is 1. The molecular formula is C24H40O6. The molecule has 0 aromatic rings. The minimum Gasteiger partial charge on any atom is -0.494 e. The summed E-state index contributed by atoms with van der Waals surface area (Å²) in [5.74, 6) is 1.93. The lowest BCUT2D eigenvalue weighted by Crippen LogP contribution is -2.20. The van der Waals surface area contributed by atoms with Gasteiger partial charge in [0, 0.05) is 19.6 Å². The second kappa shape index (κ2) is 16.1. The molecule has 0 saturated heterocycles. The highest BCUT2D eigenvalue weighted by Gasteiger charge is 2.31. The lowest BCUT2D eigenvalue weighted by molar-refractivity contribution is -0.142. The van der Waals surface area contributed by atoms with E-state index in [1.165, 1.54) is 12.8 Å². The van der Waals surface area contributed by atoms with Gasteiger partial charge in [0.15, 0.2) is 0 Å². The van der Waals surface area contributed by atoms with E-state index in [1.807, 2.05) is 0 Å². The molecule has 4 atom stereocenters. The minimum absolute atomic E-state index is 0.0157. The number of ether oxygens (including phenoxy) is 2. The van der Waals surface area contributed by atoms with Crippen molar-refractivity contribution in [2.75, 3.05) is 33.5 Å². The lowest BCUT2D eigenvalue weighted by Gasteiger charge is -2.23. The predicted octanol–water partition coefficient (Wildman–Crippen LogP) is 3.94. The number of hydrogen-bond acceptors (Lipinski definition) is 5. The molecule has 172 valence electrons. The molecule has 0 bridgehead atoms. The smallest absolute Gasteiger partial charge is 0.329 e. The number of carboxylic acids is 1. The number of carbonyl (C=O) groups is 1. The third-order valence-corrected chi connectivity index (χ3v) is 5.88. The lowest BCUT2D eigenvalue weighted by atomic mass is 9.84. The average molecular weight is 425 g/mol. The average Bonchev–Trinajstić information content (AvgIpc) is 3.11. The molecule has 0 heterocycles. The summed E-state index contributed by atoms with van der Waals surface area (Å²) in [6, 6.07) is 0. The van der Waals surface area contributed by atoms with Crippen LogP contribution in [0.25, 0.3) is 0 Å². The molecule has 2 rings (SSSR count). The maximum Gasteiger partial charge on any atom is 0.329 e. The third-order valence-electron chi connectivity index (χ3n) is 5.88. The molecule has 6 heteroatoms. The van der Waals surface area contributed by atoms with Gasteiger partial charge in [0.25, 0.3) is 0 Å². The summed E-state index contributed by atoms with van der Waals surface area (Å²) in [7, 11) is 1.00. The second-order valence-electron chi connectivity index (χ2n) is 8.07. The van der Waals surface area contributed by atoms with E-state index in [0.717, 1.165) is 45.0 Å². The van der Waals surface area contributed by atoms with Crippen LogP contribution in [0.15, 0.2) is 36.1 Å². The van der Waals surface area contributed by atoms with Crippen LogP contribution in [0.5, 0.6) is 0 Å². The van der Waals surface area contributed by atoms with Gasteiger partial charge in [0.1, 0.15) is 12.4 Å². The molecule has 0 amide bonds. The number of aliphatic carboxylic acids is 1. The van der Waals surface area contributed by atoms with Crippen molar-refractivity contribution >= 4 is 5.97 Å². The zero-order valence-corrected chi connectivity index (χ0v) is 18.5. The molecule has 3 N–H and O–H groups in total. The first-order valence-electron chi connectivity index (χ1n) is 11.1. The molecule has 0 aliphatic heterocycles. The Bertz CT molecular complexity index is 554. The fourth-order valence-corrected chi connectivity index (χ4v) is 4.22. The molecule has 0 radical (unpaired) electrons. The Morgan fingerprint density at radius 3 is 2.77 bits per heavy atom. The first kappa shape index (κ1) is 26.4. The molecule has 30 heavy (non-hydrogen) atoms. The van der Waals surface area contributed by atoms with Crippen LogP contribution in [0.1, 0.15) is 51.9 Å². The van der Waals surface area contributed by atoms with E-state index in [1.54, 1.807) is 0 Å². The first-order valence-corrected chi connectivity index (χ1v) is 11.1. The molecule has 0 aromatic carbocycles. The Kier molecular flexibility index (Phi) is 14.2. The zero-order chi connectivity index (χ0) is 22.2. The standard InChI is InChI=1S/C23H36O5.CH4O/c1-18-10-12-20(7-5-6-14-28-21-8-3-2-4-9-21)22(18)13-11-19(15-24)16-27-17-23(25)26;1-2/h3,5,7-9,18-20,22,24H,2,4,6,10-17H2,1H3,(H,25,26);2H,1H3/b7-5+;/t18?,19-,20-,22-;/m0./s1. The van der Waals surface area contributed by atoms with Gasteiger partial charge in [0.2, 0.25) is 0 Å². The van der Waals surface area contributed by atoms with E-state index >= 15 is 0 Å². The van der Waals surface area contributed by atoms with Crippen molar-refractivity contribution in [3.05, 3.63) is 36.1 Å². The summed E-state index contributed by atoms with van der Waals surface area (Å²) < 4.78 is 10.9. The highest BCUT2D eigenvalue weighted by Crippen LogP contribution is 2.41. The monoisotopic (exact) mass is 424 g/mol. The van der Waals surface area contributed by atoms with E-state index in [9.17, 15) is 9.90 Å². The summed E-state index contributed by atoms with van der Waals surface area (Å²) in [5.41, 5.74) is 0. The van der Waals surface area contributed by atoms with Crippen LogP contribution < -0.4 is 0 Å². The van der Waals surface area contributed by atoms with Crippen molar-refractivity contribution in [2.45, 2.75) is 51.9 Å². The van der Waals surface area contributed by atoms with Gasteiger partial charge in [-0.3, -0.25) is 0 Å². The maximum atomic E-state index is 10.5. The Labute approximate surface area is 181 Å². The van der Waals surface area contributed by atoms with Crippen molar-refractivity contribution in [1.29, 1.82) is 0 Å². The fraction of sp³-hybridized carbons (Fsp3) is 0.708. The Hall–Kier alpha value is -1.63. The molecule has 1 saturated carbocycles. The van der Waals surface area contributed by atoms with E-state index in [4.69, 9.17) is 19.7 Å². The van der Waals surface area contributed by atoms with Crippen LogP contribution in [0.3, 0.4) is 0 Å². The van der Waals surface area contributed by atoms with Gasteiger partial charge in [-0.25, -0.2) is 4.79 Å². The highest BCUT2D eigenvalue weighted by atomic mass is 16.5. The van der Waals surface area contributed by atoms with Gasteiger partial charge >= 0.3 is 5.97 Å². The van der Waals surface area contributed by atoms with E-state index < -0.39 is 5.97 Å². The first-order chi connectivity index (χ1) is 14.6. The summed E-state index contributed by atoms with van der Waals surface area (Å²) in [6.45, 7) is 3.09. The van der Waals surface area contributed by atoms with Crippen molar-refractivity contribution in [3.63, 3.8) is 0 Å². The minimum atomic E-state index is -0.967. The number of aliphatic hydroxyl groups is 2. The van der Waals surface area contributed by atoms with Gasteiger partial charge in [-0.2, -0.15) is 0 Å². The topological polar surface area (TPSA) is 96.2 Å².